The second kappa shape index (κ2) is 6.35. The van der Waals surface area contributed by atoms with Crippen LogP contribution in [-0.2, 0) is 0 Å². The van der Waals surface area contributed by atoms with Crippen LogP contribution in [0.2, 0.25) is 0 Å². The summed E-state index contributed by atoms with van der Waals surface area (Å²) in [4.78, 5) is 0. The molecule has 0 N–H and O–H groups in total. The first-order chi connectivity index (χ1) is 16.9. The fourth-order valence-electron chi connectivity index (χ4n) is 5.79. The number of thiophene rings is 4. The Labute approximate surface area is 209 Å². The molecule has 4 heteroatoms. The van der Waals surface area contributed by atoms with Crippen LogP contribution in [-0.4, -0.2) is 0 Å². The van der Waals surface area contributed by atoms with E-state index in [0.717, 1.165) is 0 Å². The van der Waals surface area contributed by atoms with Crippen molar-refractivity contribution >= 4 is 127 Å². The van der Waals surface area contributed by atoms with E-state index in [1.54, 1.807) is 0 Å². The highest BCUT2D eigenvalue weighted by Crippen LogP contribution is 2.50. The van der Waals surface area contributed by atoms with Crippen LogP contribution in [0.25, 0.3) is 82.1 Å². The summed E-state index contributed by atoms with van der Waals surface area (Å²) in [5, 5.41) is 18.4. The zero-order valence-electron chi connectivity index (χ0n) is 17.7. The molecule has 0 aliphatic carbocycles. The van der Waals surface area contributed by atoms with Crippen molar-refractivity contribution < 1.29 is 0 Å². The largest absolute Gasteiger partial charge is 0.143 e. The Bertz CT molecular complexity index is 2280. The van der Waals surface area contributed by atoms with Crippen LogP contribution in [0.1, 0.15) is 0 Å². The Kier molecular flexibility index (Phi) is 3.42. The monoisotopic (exact) mass is 502 g/mol. The van der Waals surface area contributed by atoms with E-state index in [-0.39, 0.29) is 0 Å². The van der Waals surface area contributed by atoms with Gasteiger partial charge in [-0.1, -0.05) is 48.5 Å². The molecule has 0 saturated carbocycles. The SMILES string of the molecule is c1ccc2c(c1)c1ccsc1c1c3cc4c(cc3sc21)sc1c2sccc2c2ccccc2c41. The van der Waals surface area contributed by atoms with Crippen LogP contribution < -0.4 is 0 Å². The molecule has 4 heterocycles. The molecule has 0 nitrogen and oxygen atoms in total. The van der Waals surface area contributed by atoms with Crippen LogP contribution in [0, 0.1) is 0 Å². The molecule has 4 aromatic heterocycles. The smallest absolute Gasteiger partial charge is 0.0540 e. The maximum absolute atomic E-state index is 2.50. The van der Waals surface area contributed by atoms with E-state index >= 15 is 0 Å². The van der Waals surface area contributed by atoms with Crippen LogP contribution >= 0.6 is 45.3 Å². The molecule has 0 spiro atoms. The average molecular weight is 503 g/mol. The Morgan fingerprint density at radius 3 is 1.74 bits per heavy atom. The molecule has 0 aliphatic heterocycles. The van der Waals surface area contributed by atoms with Crippen molar-refractivity contribution in [1.29, 1.82) is 0 Å². The average Bonchev–Trinajstić information content (AvgIpc) is 3.66. The summed E-state index contributed by atoms with van der Waals surface area (Å²) in [6.07, 6.45) is 0. The molecule has 5 aromatic carbocycles. The fraction of sp³-hybridized carbons (Fsp3) is 0. The molecular weight excluding hydrogens is 489 g/mol. The van der Waals surface area contributed by atoms with E-state index < -0.39 is 0 Å². The summed E-state index contributed by atoms with van der Waals surface area (Å²) in [6.45, 7) is 0. The van der Waals surface area contributed by atoms with Crippen molar-refractivity contribution in [3.63, 3.8) is 0 Å². The highest BCUT2D eigenvalue weighted by molar-refractivity contribution is 7.32. The van der Waals surface area contributed by atoms with Crippen molar-refractivity contribution in [2.24, 2.45) is 0 Å². The second-order valence-corrected chi connectivity index (χ2v) is 12.8. The number of rotatable bonds is 0. The standard InChI is InChI=1S/C30H14S4/c1-3-7-17-15(5-1)20-10-12-32-29(20)30-25(17)21-13-22-24(14-23(21)34-30)33-28-18-8-4-2-6-16(18)19-9-11-31-27(19)26(22)28/h1-14H. The van der Waals surface area contributed by atoms with Gasteiger partial charge >= 0.3 is 0 Å². The predicted molar refractivity (Wildman–Crippen MR) is 158 cm³/mol. The summed E-state index contributed by atoms with van der Waals surface area (Å²) < 4.78 is 8.50. The lowest BCUT2D eigenvalue weighted by Gasteiger charge is -2.04. The Balaban J connectivity index is 1.56. The molecule has 9 rings (SSSR count). The molecular formula is C30H14S4. The summed E-state index contributed by atoms with van der Waals surface area (Å²) in [5.74, 6) is 0. The molecule has 0 radical (unpaired) electrons. The zero-order chi connectivity index (χ0) is 22.0. The maximum atomic E-state index is 2.50. The number of fused-ring (bicyclic) bond motifs is 16. The van der Waals surface area contributed by atoms with Gasteiger partial charge in [0.05, 0.1) is 9.40 Å². The molecule has 0 amide bonds. The van der Waals surface area contributed by atoms with Crippen molar-refractivity contribution in [2.75, 3.05) is 0 Å². The summed E-state index contributed by atoms with van der Waals surface area (Å²) >= 11 is 7.68. The van der Waals surface area contributed by atoms with Gasteiger partial charge in [-0.05, 0) is 51.2 Å². The maximum Gasteiger partial charge on any atom is 0.0540 e. The van der Waals surface area contributed by atoms with E-state index in [9.17, 15) is 0 Å². The van der Waals surface area contributed by atoms with E-state index in [2.05, 4.69) is 83.6 Å². The minimum atomic E-state index is 1.37. The van der Waals surface area contributed by atoms with Crippen molar-refractivity contribution in [1.82, 2.24) is 0 Å². The number of hydrogen-bond donors (Lipinski definition) is 0. The first-order valence-corrected chi connectivity index (χ1v) is 14.6. The van der Waals surface area contributed by atoms with Gasteiger partial charge in [-0.3, -0.25) is 0 Å². The van der Waals surface area contributed by atoms with Gasteiger partial charge in [-0.15, -0.1) is 45.3 Å². The van der Waals surface area contributed by atoms with Crippen molar-refractivity contribution in [2.45, 2.75) is 0 Å². The minimum absolute atomic E-state index is 1.37. The lowest BCUT2D eigenvalue weighted by Crippen LogP contribution is -1.77. The normalized spacial score (nSPS) is 12.7. The highest BCUT2D eigenvalue weighted by Gasteiger charge is 2.19. The van der Waals surface area contributed by atoms with E-state index in [4.69, 9.17) is 0 Å². The third kappa shape index (κ3) is 2.14. The van der Waals surface area contributed by atoms with Crippen LogP contribution in [0.5, 0.6) is 0 Å². The topological polar surface area (TPSA) is 0 Å². The van der Waals surface area contributed by atoms with Gasteiger partial charge in [-0.2, -0.15) is 0 Å². The number of hydrogen-bond acceptors (Lipinski definition) is 4. The van der Waals surface area contributed by atoms with E-state index in [1.165, 1.54) is 82.1 Å². The predicted octanol–water partition coefficient (Wildman–Crippen LogP) is 11.2. The van der Waals surface area contributed by atoms with Gasteiger partial charge < -0.3 is 0 Å². The minimum Gasteiger partial charge on any atom is -0.143 e. The molecule has 0 unspecified atom stereocenters. The Morgan fingerprint density at radius 2 is 0.941 bits per heavy atom. The molecule has 0 bridgehead atoms. The molecule has 0 aliphatic rings. The van der Waals surface area contributed by atoms with Crippen molar-refractivity contribution in [3.05, 3.63) is 83.6 Å². The first kappa shape index (κ1) is 18.3. The molecule has 34 heavy (non-hydrogen) atoms. The summed E-state index contributed by atoms with van der Waals surface area (Å²) in [7, 11) is 0. The van der Waals surface area contributed by atoms with E-state index in [1.807, 2.05) is 45.3 Å². The van der Waals surface area contributed by atoms with Gasteiger partial charge in [0.2, 0.25) is 0 Å². The van der Waals surface area contributed by atoms with Gasteiger partial charge in [-0.25, -0.2) is 0 Å². The summed E-state index contributed by atoms with van der Waals surface area (Å²) in [5.41, 5.74) is 0. The lowest BCUT2D eigenvalue weighted by atomic mass is 9.99. The molecule has 158 valence electrons. The van der Waals surface area contributed by atoms with Gasteiger partial charge in [0.25, 0.3) is 0 Å². The van der Waals surface area contributed by atoms with Crippen LogP contribution in [0.3, 0.4) is 0 Å². The zero-order valence-corrected chi connectivity index (χ0v) is 21.0. The Hall–Kier alpha value is -3.02. The van der Waals surface area contributed by atoms with Gasteiger partial charge in [0.15, 0.2) is 0 Å². The summed E-state index contributed by atoms with van der Waals surface area (Å²) in [6, 6.07) is 27.4. The quantitative estimate of drug-likeness (QED) is 0.193. The molecule has 0 saturated heterocycles. The molecule has 0 fully saturated rings. The van der Waals surface area contributed by atoms with Crippen LogP contribution in [0.4, 0.5) is 0 Å². The second-order valence-electron chi connectivity index (χ2n) is 8.87. The first-order valence-electron chi connectivity index (χ1n) is 11.2. The highest BCUT2D eigenvalue weighted by atomic mass is 32.1. The molecule has 0 atom stereocenters. The van der Waals surface area contributed by atoms with E-state index in [0.29, 0.717) is 0 Å². The van der Waals surface area contributed by atoms with Crippen LogP contribution in [0.15, 0.2) is 83.6 Å². The number of benzene rings is 5. The van der Waals surface area contributed by atoms with Gasteiger partial charge in [0.1, 0.15) is 0 Å². The Morgan fingerprint density at radius 1 is 0.382 bits per heavy atom. The third-order valence-electron chi connectivity index (χ3n) is 7.21. The third-order valence-corrected chi connectivity index (χ3v) is 11.6. The fourth-order valence-corrected chi connectivity index (χ4v) is 10.5. The molecule has 9 aromatic rings. The van der Waals surface area contributed by atoms with Crippen molar-refractivity contribution in [3.8, 4) is 0 Å². The van der Waals surface area contributed by atoms with Gasteiger partial charge in [0, 0.05) is 56.5 Å². The lowest BCUT2D eigenvalue weighted by molar-refractivity contribution is 1.85.